The number of alkyl halides is 3. The third kappa shape index (κ3) is 5.79. The summed E-state index contributed by atoms with van der Waals surface area (Å²) in [6.45, 7) is -0.0238. The average Bonchev–Trinajstić information content (AvgIpc) is 3.29. The van der Waals surface area contributed by atoms with E-state index >= 15 is 0 Å². The molecule has 1 aliphatic rings. The van der Waals surface area contributed by atoms with Crippen molar-refractivity contribution in [2.75, 3.05) is 13.1 Å². The Hall–Kier alpha value is -4.10. The fourth-order valence-electron chi connectivity index (χ4n) is 5.45. The summed E-state index contributed by atoms with van der Waals surface area (Å²) in [6, 6.07) is 11.8. The highest BCUT2D eigenvalue weighted by Crippen LogP contribution is 2.38. The van der Waals surface area contributed by atoms with Crippen LogP contribution >= 0.6 is 0 Å². The van der Waals surface area contributed by atoms with Gasteiger partial charge in [0, 0.05) is 44.2 Å². The van der Waals surface area contributed by atoms with Gasteiger partial charge in [-0.2, -0.15) is 18.3 Å². The van der Waals surface area contributed by atoms with E-state index in [9.17, 15) is 32.3 Å². The van der Waals surface area contributed by atoms with Crippen LogP contribution in [0, 0.1) is 5.82 Å². The zero-order valence-electron chi connectivity index (χ0n) is 22.8. The van der Waals surface area contributed by atoms with Crippen LogP contribution in [0.5, 0.6) is 0 Å². The molecule has 13 heteroatoms. The summed E-state index contributed by atoms with van der Waals surface area (Å²) in [5.41, 5.74) is 5.22. The topological polar surface area (TPSA) is 119 Å². The number of halogens is 4. The maximum Gasteiger partial charge on any atom is 0.396 e. The second kappa shape index (κ2) is 11.3. The van der Waals surface area contributed by atoms with Crippen LogP contribution in [-0.4, -0.2) is 60.1 Å². The first-order valence-electron chi connectivity index (χ1n) is 13.4. The van der Waals surface area contributed by atoms with E-state index in [1.54, 1.807) is 25.2 Å². The quantitative estimate of drug-likeness (QED) is 0.320. The number of aryl methyl sites for hydroxylation is 1. The van der Waals surface area contributed by atoms with Crippen LogP contribution in [0.3, 0.4) is 0 Å². The van der Waals surface area contributed by atoms with E-state index in [0.717, 1.165) is 0 Å². The summed E-state index contributed by atoms with van der Waals surface area (Å²) in [5, 5.41) is 15.5. The van der Waals surface area contributed by atoms with Crippen LogP contribution in [-0.2, 0) is 24.9 Å². The lowest BCUT2D eigenvalue weighted by Gasteiger charge is -2.39. The summed E-state index contributed by atoms with van der Waals surface area (Å²) in [4.78, 5) is 31.9. The molecule has 1 atom stereocenters. The Morgan fingerprint density at radius 3 is 2.43 bits per heavy atom. The SMILES string of the molecule is Cn1nc2c(=O)n(CC3(O)CCN(C(=O)C[C@H](c4ccccc4)C(F)(F)F)CC3)cnc2c1-c1ccc(CN)c(F)c1. The Bertz CT molecular complexity index is 1660. The van der Waals surface area contributed by atoms with Gasteiger partial charge in [-0.1, -0.05) is 42.5 Å². The molecule has 222 valence electrons. The van der Waals surface area contributed by atoms with Gasteiger partial charge < -0.3 is 15.7 Å². The van der Waals surface area contributed by atoms with Gasteiger partial charge in [-0.25, -0.2) is 9.37 Å². The normalized spacial score (nSPS) is 16.1. The highest BCUT2D eigenvalue weighted by Gasteiger charge is 2.43. The molecule has 1 amide bonds. The van der Waals surface area contributed by atoms with E-state index in [4.69, 9.17) is 5.73 Å². The summed E-state index contributed by atoms with van der Waals surface area (Å²) < 4.78 is 58.3. The monoisotopic (exact) mass is 586 g/mol. The Morgan fingerprint density at radius 2 is 1.81 bits per heavy atom. The van der Waals surface area contributed by atoms with Gasteiger partial charge >= 0.3 is 6.18 Å². The molecule has 3 N–H and O–H groups in total. The summed E-state index contributed by atoms with van der Waals surface area (Å²) in [7, 11) is 1.61. The van der Waals surface area contributed by atoms with E-state index in [0.29, 0.717) is 16.8 Å². The van der Waals surface area contributed by atoms with Crippen molar-refractivity contribution in [3.63, 3.8) is 0 Å². The molecule has 5 rings (SSSR count). The fraction of sp³-hybridized carbons (Fsp3) is 0.379. The first-order chi connectivity index (χ1) is 19.9. The number of aliphatic hydroxyl groups is 1. The van der Waals surface area contributed by atoms with E-state index in [-0.39, 0.29) is 55.6 Å². The molecule has 4 aromatic rings. The van der Waals surface area contributed by atoms with E-state index in [2.05, 4.69) is 10.1 Å². The number of rotatable bonds is 7. The molecule has 0 unspecified atom stereocenters. The average molecular weight is 587 g/mol. The number of amides is 1. The van der Waals surface area contributed by atoms with Gasteiger partial charge in [-0.3, -0.25) is 18.8 Å². The number of likely N-dealkylation sites (tertiary alicyclic amines) is 1. The van der Waals surface area contributed by atoms with Crippen LogP contribution in [0.1, 0.15) is 36.3 Å². The molecule has 1 fully saturated rings. The highest BCUT2D eigenvalue weighted by molar-refractivity contribution is 5.89. The molecule has 3 heterocycles. The van der Waals surface area contributed by atoms with E-state index < -0.39 is 41.4 Å². The van der Waals surface area contributed by atoms with Gasteiger partial charge in [0.25, 0.3) is 5.56 Å². The number of benzene rings is 2. The van der Waals surface area contributed by atoms with Gasteiger partial charge in [-0.05, 0) is 24.5 Å². The van der Waals surface area contributed by atoms with Gasteiger partial charge in [0.05, 0.1) is 30.1 Å². The molecule has 0 aliphatic carbocycles. The third-order valence-corrected chi connectivity index (χ3v) is 7.85. The van der Waals surface area contributed by atoms with Crippen molar-refractivity contribution in [2.45, 2.75) is 50.0 Å². The minimum absolute atomic E-state index is 0.0181. The Kier molecular flexibility index (Phi) is 7.90. The number of aromatic nitrogens is 4. The Labute approximate surface area is 238 Å². The van der Waals surface area contributed by atoms with Crippen molar-refractivity contribution in [1.82, 2.24) is 24.2 Å². The number of piperidine rings is 1. The van der Waals surface area contributed by atoms with Crippen LogP contribution in [0.4, 0.5) is 17.6 Å². The molecule has 1 aliphatic heterocycles. The number of carbonyl (C=O) groups is 1. The van der Waals surface area contributed by atoms with Crippen molar-refractivity contribution in [1.29, 1.82) is 0 Å². The fourth-order valence-corrected chi connectivity index (χ4v) is 5.45. The lowest BCUT2D eigenvalue weighted by molar-refractivity contribution is -0.162. The van der Waals surface area contributed by atoms with Gasteiger partial charge in [0.15, 0.2) is 5.52 Å². The maximum atomic E-state index is 14.4. The van der Waals surface area contributed by atoms with Crippen molar-refractivity contribution in [3.8, 4) is 11.3 Å². The molecule has 0 spiro atoms. The Morgan fingerprint density at radius 1 is 1.12 bits per heavy atom. The number of nitrogens with two attached hydrogens (primary N) is 1. The van der Waals surface area contributed by atoms with Gasteiger partial charge in [-0.15, -0.1) is 0 Å². The lowest BCUT2D eigenvalue weighted by atomic mass is 9.90. The summed E-state index contributed by atoms with van der Waals surface area (Å²) >= 11 is 0. The Balaban J connectivity index is 1.30. The molecule has 0 radical (unpaired) electrons. The minimum Gasteiger partial charge on any atom is -0.388 e. The van der Waals surface area contributed by atoms with Crippen molar-refractivity contribution in [2.24, 2.45) is 12.8 Å². The minimum atomic E-state index is -4.59. The predicted molar refractivity (Wildman–Crippen MR) is 147 cm³/mol. The highest BCUT2D eigenvalue weighted by atomic mass is 19.4. The third-order valence-electron chi connectivity index (χ3n) is 7.85. The lowest BCUT2D eigenvalue weighted by Crippen LogP contribution is -2.50. The van der Waals surface area contributed by atoms with Crippen LogP contribution in [0.15, 0.2) is 59.7 Å². The summed E-state index contributed by atoms with van der Waals surface area (Å²) in [5.74, 6) is -3.07. The van der Waals surface area contributed by atoms with E-state index in [1.807, 2.05) is 0 Å². The molecule has 42 heavy (non-hydrogen) atoms. The van der Waals surface area contributed by atoms with Crippen molar-refractivity contribution >= 4 is 16.9 Å². The van der Waals surface area contributed by atoms with Gasteiger partial charge in [0.2, 0.25) is 5.91 Å². The first kappa shape index (κ1) is 29.4. The first-order valence-corrected chi connectivity index (χ1v) is 13.4. The molecular weight excluding hydrogens is 556 g/mol. The van der Waals surface area contributed by atoms with Gasteiger partial charge in [0.1, 0.15) is 11.3 Å². The predicted octanol–water partition coefficient (Wildman–Crippen LogP) is 3.48. The van der Waals surface area contributed by atoms with Crippen LogP contribution in [0.2, 0.25) is 0 Å². The molecule has 0 saturated carbocycles. The standard InChI is InChI=1S/C29H30F4N6O3/c1-37-26(19-7-8-20(15-34)22(30)13-19)24-25(36-37)27(41)39(17-35-24)16-28(42)9-11-38(12-10-28)23(40)14-21(29(31,32)33)18-5-3-2-4-6-18/h2-8,13,17,21,42H,9-12,14-16,34H2,1H3/t21-/m1/s1. The molecule has 2 aromatic heterocycles. The van der Waals surface area contributed by atoms with Crippen LogP contribution < -0.4 is 11.3 Å². The second-order valence-electron chi connectivity index (χ2n) is 10.7. The number of hydrogen-bond acceptors (Lipinski definition) is 6. The second-order valence-corrected chi connectivity index (χ2v) is 10.7. The largest absolute Gasteiger partial charge is 0.396 e. The number of hydrogen-bond donors (Lipinski definition) is 2. The smallest absolute Gasteiger partial charge is 0.388 e. The molecule has 9 nitrogen and oxygen atoms in total. The molecule has 1 saturated heterocycles. The zero-order valence-corrected chi connectivity index (χ0v) is 22.8. The number of carbonyl (C=O) groups excluding carboxylic acids is 1. The van der Waals surface area contributed by atoms with Crippen molar-refractivity contribution in [3.05, 3.63) is 82.2 Å². The molecule has 0 bridgehead atoms. The molecule has 2 aromatic carbocycles. The van der Waals surface area contributed by atoms with Crippen LogP contribution in [0.25, 0.3) is 22.3 Å². The number of fused-ring (bicyclic) bond motifs is 1. The zero-order chi connectivity index (χ0) is 30.2. The van der Waals surface area contributed by atoms with E-state index in [1.165, 1.54) is 50.8 Å². The van der Waals surface area contributed by atoms with Crippen molar-refractivity contribution < 1.29 is 27.5 Å². The summed E-state index contributed by atoms with van der Waals surface area (Å²) in [6.07, 6.45) is -3.92. The molecular formula is C29H30F4N6O3. The maximum absolute atomic E-state index is 14.4. The number of nitrogens with zero attached hydrogens (tertiary/aromatic N) is 5.